The summed E-state index contributed by atoms with van der Waals surface area (Å²) in [6.07, 6.45) is -2.14. The number of hydrogen-bond acceptors (Lipinski definition) is 9. The van der Waals surface area contributed by atoms with E-state index in [1.807, 2.05) is 6.07 Å². The number of esters is 3. The van der Waals surface area contributed by atoms with Crippen LogP contribution in [0.15, 0.2) is 30.3 Å². The van der Waals surface area contributed by atoms with E-state index in [2.05, 4.69) is 19.5 Å². The summed E-state index contributed by atoms with van der Waals surface area (Å²) in [6.45, 7) is -0.0277. The average molecular weight is 487 g/mol. The summed E-state index contributed by atoms with van der Waals surface area (Å²) >= 11 is 0. The number of hydrogen-bond donors (Lipinski definition) is 2. The monoisotopic (exact) mass is 487 g/mol. The minimum Gasteiger partial charge on any atom is -0.469 e. The van der Waals surface area contributed by atoms with Crippen LogP contribution in [-0.2, 0) is 44.5 Å². The number of ether oxygens (including phenoxy) is 4. The highest BCUT2D eigenvalue weighted by atomic mass is 31.2. The second-order valence-corrected chi connectivity index (χ2v) is 9.66. The summed E-state index contributed by atoms with van der Waals surface area (Å²) in [5.41, 5.74) is 0.739. The zero-order valence-electron chi connectivity index (χ0n) is 18.9. The van der Waals surface area contributed by atoms with Crippen LogP contribution in [0.25, 0.3) is 0 Å². The number of benzene rings is 1. The minimum atomic E-state index is -3.95. The van der Waals surface area contributed by atoms with E-state index in [0.717, 1.165) is 19.8 Å². The van der Waals surface area contributed by atoms with Gasteiger partial charge in [-0.15, -0.1) is 0 Å². The Hall–Kier alpha value is -2.91. The fourth-order valence-corrected chi connectivity index (χ4v) is 4.77. The van der Waals surface area contributed by atoms with E-state index in [1.54, 1.807) is 24.3 Å². The summed E-state index contributed by atoms with van der Waals surface area (Å²) in [5, 5.41) is 2.32. The van der Waals surface area contributed by atoms with Crippen LogP contribution in [0.1, 0.15) is 24.8 Å². The molecular formula is C21H30NO10P. The maximum absolute atomic E-state index is 12.7. The Kier molecular flexibility index (Phi) is 12.2. The molecule has 1 aromatic rings. The van der Waals surface area contributed by atoms with Crippen LogP contribution in [0.5, 0.6) is 0 Å². The summed E-state index contributed by atoms with van der Waals surface area (Å²) in [5.74, 6) is -3.13. The molecule has 0 aromatic heterocycles. The van der Waals surface area contributed by atoms with Crippen molar-refractivity contribution >= 4 is 31.4 Å². The molecule has 1 amide bonds. The van der Waals surface area contributed by atoms with Crippen LogP contribution >= 0.6 is 7.37 Å². The molecule has 0 spiro atoms. The largest absolute Gasteiger partial charge is 0.469 e. The Morgan fingerprint density at radius 3 is 2.18 bits per heavy atom. The zero-order valence-corrected chi connectivity index (χ0v) is 19.7. The van der Waals surface area contributed by atoms with Crippen LogP contribution in [-0.4, -0.2) is 68.6 Å². The molecule has 2 unspecified atom stereocenters. The first-order valence-electron chi connectivity index (χ1n) is 10.1. The number of carbonyl (C=O) groups is 4. The molecule has 0 aliphatic heterocycles. The molecule has 0 aliphatic rings. The molecule has 2 N–H and O–H groups in total. The van der Waals surface area contributed by atoms with Crippen molar-refractivity contribution in [3.8, 4) is 0 Å². The maximum atomic E-state index is 12.7. The van der Waals surface area contributed by atoms with E-state index in [9.17, 15) is 28.6 Å². The SMILES string of the molecule is COC(=O)CCC(CP(=O)(O)CC[C@H](NC(=O)OCc1ccccc1)C(=O)OC)C(=O)OC. The van der Waals surface area contributed by atoms with Crippen molar-refractivity contribution in [1.29, 1.82) is 0 Å². The normalized spacial score (nSPS) is 14.2. The van der Waals surface area contributed by atoms with Gasteiger partial charge in [0.1, 0.15) is 12.6 Å². The molecular weight excluding hydrogens is 457 g/mol. The molecule has 0 aliphatic carbocycles. The lowest BCUT2D eigenvalue weighted by Gasteiger charge is -2.21. The van der Waals surface area contributed by atoms with Gasteiger partial charge in [0.05, 0.1) is 27.2 Å². The lowest BCUT2D eigenvalue weighted by molar-refractivity contribution is -0.146. The van der Waals surface area contributed by atoms with Crippen LogP contribution in [0.2, 0.25) is 0 Å². The second-order valence-electron chi connectivity index (χ2n) is 7.16. The molecule has 12 heteroatoms. The molecule has 1 rings (SSSR count). The van der Waals surface area contributed by atoms with Gasteiger partial charge in [-0.25, -0.2) is 9.59 Å². The molecule has 1 aromatic carbocycles. The fraction of sp³-hybridized carbons (Fsp3) is 0.524. The molecule has 33 heavy (non-hydrogen) atoms. The van der Waals surface area contributed by atoms with Gasteiger partial charge < -0.3 is 29.2 Å². The van der Waals surface area contributed by atoms with Crippen LogP contribution in [0.4, 0.5) is 4.79 Å². The van der Waals surface area contributed by atoms with Gasteiger partial charge in [-0.2, -0.15) is 0 Å². The van der Waals surface area contributed by atoms with Crippen LogP contribution < -0.4 is 5.32 Å². The predicted molar refractivity (Wildman–Crippen MR) is 116 cm³/mol. The smallest absolute Gasteiger partial charge is 0.408 e. The first kappa shape index (κ1) is 28.1. The molecule has 0 saturated heterocycles. The number of amides is 1. The van der Waals surface area contributed by atoms with Gasteiger partial charge in [0.15, 0.2) is 0 Å². The topological polar surface area (TPSA) is 155 Å². The number of carbonyl (C=O) groups excluding carboxylic acids is 4. The zero-order chi connectivity index (χ0) is 24.9. The number of rotatable bonds is 13. The van der Waals surface area contributed by atoms with Gasteiger partial charge in [-0.1, -0.05) is 30.3 Å². The van der Waals surface area contributed by atoms with Gasteiger partial charge in [0.25, 0.3) is 0 Å². The third kappa shape index (κ3) is 11.0. The predicted octanol–water partition coefficient (Wildman–Crippen LogP) is 1.86. The van der Waals surface area contributed by atoms with Crippen molar-refractivity contribution in [3.63, 3.8) is 0 Å². The van der Waals surface area contributed by atoms with Gasteiger partial charge in [-0.3, -0.25) is 14.2 Å². The Labute approximate surface area is 192 Å². The highest BCUT2D eigenvalue weighted by Crippen LogP contribution is 2.44. The Morgan fingerprint density at radius 2 is 1.61 bits per heavy atom. The van der Waals surface area contributed by atoms with Crippen molar-refractivity contribution in [2.24, 2.45) is 5.92 Å². The van der Waals surface area contributed by atoms with E-state index in [-0.39, 0.29) is 25.9 Å². The number of methoxy groups -OCH3 is 3. The van der Waals surface area contributed by atoms with Crippen molar-refractivity contribution in [3.05, 3.63) is 35.9 Å². The van der Waals surface area contributed by atoms with E-state index >= 15 is 0 Å². The maximum Gasteiger partial charge on any atom is 0.408 e. The molecule has 3 atom stereocenters. The van der Waals surface area contributed by atoms with Crippen LogP contribution in [0.3, 0.4) is 0 Å². The molecule has 0 radical (unpaired) electrons. The molecule has 0 bridgehead atoms. The Balaban J connectivity index is 2.70. The van der Waals surface area contributed by atoms with Gasteiger partial charge in [0.2, 0.25) is 7.37 Å². The summed E-state index contributed by atoms with van der Waals surface area (Å²) < 4.78 is 31.6. The number of nitrogens with one attached hydrogen (secondary N) is 1. The average Bonchev–Trinajstić information content (AvgIpc) is 2.82. The third-order valence-electron chi connectivity index (χ3n) is 4.72. The Morgan fingerprint density at radius 1 is 0.970 bits per heavy atom. The fourth-order valence-electron chi connectivity index (χ4n) is 2.91. The summed E-state index contributed by atoms with van der Waals surface area (Å²) in [4.78, 5) is 57.8. The number of alkyl carbamates (subject to hydrolysis) is 1. The first-order chi connectivity index (χ1) is 15.6. The highest BCUT2D eigenvalue weighted by molar-refractivity contribution is 7.58. The third-order valence-corrected chi connectivity index (χ3v) is 6.69. The molecule has 11 nitrogen and oxygen atoms in total. The van der Waals surface area contributed by atoms with E-state index in [0.29, 0.717) is 0 Å². The van der Waals surface area contributed by atoms with Crippen molar-refractivity contribution < 1.29 is 47.6 Å². The Bertz CT molecular complexity index is 845. The minimum absolute atomic E-state index is 0.0277. The van der Waals surface area contributed by atoms with E-state index in [4.69, 9.17) is 4.74 Å². The van der Waals surface area contributed by atoms with E-state index < -0.39 is 55.7 Å². The highest BCUT2D eigenvalue weighted by Gasteiger charge is 2.32. The second kappa shape index (κ2) is 14.3. The summed E-state index contributed by atoms with van der Waals surface area (Å²) in [6, 6.07) is 7.64. The van der Waals surface area contributed by atoms with Crippen molar-refractivity contribution in [2.45, 2.75) is 31.9 Å². The van der Waals surface area contributed by atoms with Gasteiger partial charge >= 0.3 is 24.0 Å². The molecule has 0 fully saturated rings. The van der Waals surface area contributed by atoms with Gasteiger partial charge in [0, 0.05) is 18.7 Å². The van der Waals surface area contributed by atoms with Gasteiger partial charge in [-0.05, 0) is 18.4 Å². The summed E-state index contributed by atoms with van der Waals surface area (Å²) in [7, 11) is -0.507. The van der Waals surface area contributed by atoms with E-state index in [1.165, 1.54) is 7.11 Å². The molecule has 0 heterocycles. The standard InChI is InChI=1S/C21H30NO10P/c1-29-18(23)10-9-16(19(24)30-2)14-33(27,28)12-11-17(20(25)31-3)22-21(26)32-13-15-7-5-4-6-8-15/h4-8,16-17H,9-14H2,1-3H3,(H,22,26)(H,27,28)/t16?,17-/m0/s1. The molecule has 0 saturated carbocycles. The van der Waals surface area contributed by atoms with Crippen LogP contribution in [0, 0.1) is 5.92 Å². The first-order valence-corrected chi connectivity index (χ1v) is 12.2. The van der Waals surface area contributed by atoms with Crippen molar-refractivity contribution in [1.82, 2.24) is 5.32 Å². The lowest BCUT2D eigenvalue weighted by atomic mass is 10.1. The lowest BCUT2D eigenvalue weighted by Crippen LogP contribution is -2.42. The van der Waals surface area contributed by atoms with Crippen molar-refractivity contribution in [2.75, 3.05) is 33.7 Å². The molecule has 184 valence electrons. The quantitative estimate of drug-likeness (QED) is 0.239.